The standard InChI is InChI=1S/C16H17BrFNO/c1-20-16(11-5-3-2-4-6-11)15(19)9-12-7-8-13(18)10-14(12)17/h2-8,10,15-16H,9,19H2,1H3. The van der Waals surface area contributed by atoms with Crippen LogP contribution in [-0.2, 0) is 11.2 Å². The van der Waals surface area contributed by atoms with E-state index in [9.17, 15) is 4.39 Å². The van der Waals surface area contributed by atoms with Crippen LogP contribution >= 0.6 is 15.9 Å². The van der Waals surface area contributed by atoms with Crippen LogP contribution in [0.2, 0.25) is 0 Å². The largest absolute Gasteiger partial charge is 0.375 e. The molecule has 0 aromatic heterocycles. The molecule has 0 aliphatic heterocycles. The van der Waals surface area contributed by atoms with E-state index in [2.05, 4.69) is 15.9 Å². The Morgan fingerprint density at radius 1 is 1.20 bits per heavy atom. The van der Waals surface area contributed by atoms with Crippen LogP contribution in [0.3, 0.4) is 0 Å². The lowest BCUT2D eigenvalue weighted by molar-refractivity contribution is 0.0802. The molecule has 0 spiro atoms. The first-order valence-corrected chi connectivity index (χ1v) is 7.18. The summed E-state index contributed by atoms with van der Waals surface area (Å²) in [5.74, 6) is -0.263. The third-order valence-electron chi connectivity index (χ3n) is 3.24. The van der Waals surface area contributed by atoms with Crippen LogP contribution in [0.25, 0.3) is 0 Å². The average molecular weight is 338 g/mol. The van der Waals surface area contributed by atoms with Crippen molar-refractivity contribution in [2.24, 2.45) is 5.73 Å². The van der Waals surface area contributed by atoms with Crippen LogP contribution in [0.5, 0.6) is 0 Å². The number of rotatable bonds is 5. The number of hydrogen-bond acceptors (Lipinski definition) is 2. The van der Waals surface area contributed by atoms with Crippen molar-refractivity contribution in [3.63, 3.8) is 0 Å². The quantitative estimate of drug-likeness (QED) is 0.899. The lowest BCUT2D eigenvalue weighted by Crippen LogP contribution is -2.32. The Hall–Kier alpha value is -1.23. The average Bonchev–Trinajstić information content (AvgIpc) is 2.44. The van der Waals surface area contributed by atoms with Crippen LogP contribution < -0.4 is 5.73 Å². The maximum absolute atomic E-state index is 13.1. The summed E-state index contributed by atoms with van der Waals surface area (Å²) in [6, 6.07) is 14.3. The fourth-order valence-electron chi connectivity index (χ4n) is 2.25. The minimum atomic E-state index is -0.263. The molecule has 2 nitrogen and oxygen atoms in total. The highest BCUT2D eigenvalue weighted by atomic mass is 79.9. The van der Waals surface area contributed by atoms with Crippen molar-refractivity contribution >= 4 is 15.9 Å². The number of hydrogen-bond donors (Lipinski definition) is 1. The molecular weight excluding hydrogens is 321 g/mol. The molecule has 0 bridgehead atoms. The fraction of sp³-hybridized carbons (Fsp3) is 0.250. The highest BCUT2D eigenvalue weighted by Gasteiger charge is 2.20. The highest BCUT2D eigenvalue weighted by Crippen LogP contribution is 2.25. The predicted octanol–water partition coefficient (Wildman–Crippen LogP) is 3.85. The van der Waals surface area contributed by atoms with Gasteiger partial charge in [-0.25, -0.2) is 4.39 Å². The van der Waals surface area contributed by atoms with Gasteiger partial charge in [0.05, 0.1) is 6.10 Å². The molecule has 2 unspecified atom stereocenters. The third kappa shape index (κ3) is 3.66. The molecular formula is C16H17BrFNO. The SMILES string of the molecule is COC(c1ccccc1)C(N)Cc1ccc(F)cc1Br. The van der Waals surface area contributed by atoms with Crippen LogP contribution in [0.15, 0.2) is 53.0 Å². The Morgan fingerprint density at radius 3 is 2.50 bits per heavy atom. The molecule has 106 valence electrons. The molecule has 0 saturated carbocycles. The molecule has 0 aliphatic rings. The van der Waals surface area contributed by atoms with Crippen LogP contribution in [0, 0.1) is 5.82 Å². The van der Waals surface area contributed by atoms with Crippen LogP contribution in [0.1, 0.15) is 17.2 Å². The molecule has 2 N–H and O–H groups in total. The number of benzene rings is 2. The van der Waals surface area contributed by atoms with Gasteiger partial charge in [-0.15, -0.1) is 0 Å². The predicted molar refractivity (Wildman–Crippen MR) is 82.0 cm³/mol. The summed E-state index contributed by atoms with van der Waals surface area (Å²) in [5.41, 5.74) is 8.27. The molecule has 2 rings (SSSR count). The molecule has 4 heteroatoms. The summed E-state index contributed by atoms with van der Waals surface area (Å²) in [6.07, 6.45) is 0.419. The molecule has 20 heavy (non-hydrogen) atoms. The summed E-state index contributed by atoms with van der Waals surface area (Å²) in [6.45, 7) is 0. The number of ether oxygens (including phenoxy) is 1. The smallest absolute Gasteiger partial charge is 0.124 e. The van der Waals surface area contributed by atoms with Gasteiger partial charge in [-0.1, -0.05) is 52.3 Å². The van der Waals surface area contributed by atoms with Gasteiger partial charge in [-0.2, -0.15) is 0 Å². The first-order chi connectivity index (χ1) is 9.61. The van der Waals surface area contributed by atoms with Crippen molar-refractivity contribution in [2.75, 3.05) is 7.11 Å². The van der Waals surface area contributed by atoms with Gasteiger partial charge in [0.2, 0.25) is 0 Å². The zero-order valence-corrected chi connectivity index (χ0v) is 12.8. The lowest BCUT2D eigenvalue weighted by Gasteiger charge is -2.23. The van der Waals surface area contributed by atoms with Crippen molar-refractivity contribution in [3.8, 4) is 0 Å². The molecule has 0 saturated heterocycles. The second-order valence-corrected chi connectivity index (χ2v) is 5.53. The van der Waals surface area contributed by atoms with Gasteiger partial charge in [0.15, 0.2) is 0 Å². The molecule has 0 amide bonds. The summed E-state index contributed by atoms with van der Waals surface area (Å²) in [7, 11) is 1.65. The van der Waals surface area contributed by atoms with Crippen LogP contribution in [-0.4, -0.2) is 13.2 Å². The van der Waals surface area contributed by atoms with Crippen molar-refractivity contribution in [1.29, 1.82) is 0 Å². The van der Waals surface area contributed by atoms with E-state index in [0.29, 0.717) is 6.42 Å². The Labute approximate surface area is 126 Å². The van der Waals surface area contributed by atoms with Gasteiger partial charge >= 0.3 is 0 Å². The molecule has 2 atom stereocenters. The minimum absolute atomic E-state index is 0.187. The molecule has 0 fully saturated rings. The van der Waals surface area contributed by atoms with Crippen molar-refractivity contribution in [3.05, 3.63) is 69.9 Å². The van der Waals surface area contributed by atoms with Crippen molar-refractivity contribution in [2.45, 2.75) is 18.6 Å². The second kappa shape index (κ2) is 6.97. The minimum Gasteiger partial charge on any atom is -0.375 e. The fourth-order valence-corrected chi connectivity index (χ4v) is 2.76. The topological polar surface area (TPSA) is 35.2 Å². The zero-order valence-electron chi connectivity index (χ0n) is 11.2. The van der Waals surface area contributed by atoms with E-state index < -0.39 is 0 Å². The van der Waals surface area contributed by atoms with Gasteiger partial charge in [-0.3, -0.25) is 0 Å². The van der Waals surface area contributed by atoms with E-state index in [4.69, 9.17) is 10.5 Å². The van der Waals surface area contributed by atoms with E-state index in [1.807, 2.05) is 30.3 Å². The lowest BCUT2D eigenvalue weighted by atomic mass is 9.97. The summed E-state index contributed by atoms with van der Waals surface area (Å²) in [5, 5.41) is 0. The summed E-state index contributed by atoms with van der Waals surface area (Å²) >= 11 is 3.37. The Bertz CT molecular complexity index is 562. The van der Waals surface area contributed by atoms with Crippen molar-refractivity contribution in [1.82, 2.24) is 0 Å². The van der Waals surface area contributed by atoms with E-state index in [0.717, 1.165) is 15.6 Å². The zero-order chi connectivity index (χ0) is 14.5. The summed E-state index contributed by atoms with van der Waals surface area (Å²) < 4.78 is 19.3. The van der Waals surface area contributed by atoms with Gasteiger partial charge < -0.3 is 10.5 Å². The first kappa shape index (κ1) is 15.2. The monoisotopic (exact) mass is 337 g/mol. The van der Waals surface area contributed by atoms with Crippen molar-refractivity contribution < 1.29 is 9.13 Å². The maximum Gasteiger partial charge on any atom is 0.124 e. The van der Waals surface area contributed by atoms with Gasteiger partial charge in [-0.05, 0) is 29.7 Å². The summed E-state index contributed by atoms with van der Waals surface area (Å²) in [4.78, 5) is 0. The second-order valence-electron chi connectivity index (χ2n) is 4.67. The van der Waals surface area contributed by atoms with Gasteiger partial charge in [0.1, 0.15) is 5.82 Å². The normalized spacial score (nSPS) is 14.0. The Kier molecular flexibility index (Phi) is 5.29. The molecule has 2 aromatic carbocycles. The van der Waals surface area contributed by atoms with Crippen LogP contribution in [0.4, 0.5) is 4.39 Å². The van der Waals surface area contributed by atoms with E-state index in [1.165, 1.54) is 12.1 Å². The van der Waals surface area contributed by atoms with Gasteiger partial charge in [0, 0.05) is 17.6 Å². The maximum atomic E-state index is 13.1. The third-order valence-corrected chi connectivity index (χ3v) is 3.98. The Balaban J connectivity index is 2.15. The van der Waals surface area contributed by atoms with E-state index in [1.54, 1.807) is 13.2 Å². The van der Waals surface area contributed by atoms with Gasteiger partial charge in [0.25, 0.3) is 0 Å². The number of halogens is 2. The number of nitrogens with two attached hydrogens (primary N) is 1. The molecule has 0 aliphatic carbocycles. The molecule has 2 aromatic rings. The Morgan fingerprint density at radius 2 is 1.90 bits per heavy atom. The highest BCUT2D eigenvalue weighted by molar-refractivity contribution is 9.10. The van der Waals surface area contributed by atoms with E-state index in [-0.39, 0.29) is 18.0 Å². The number of methoxy groups -OCH3 is 1. The molecule has 0 radical (unpaired) electrons. The van der Waals surface area contributed by atoms with E-state index >= 15 is 0 Å². The molecule has 0 heterocycles. The first-order valence-electron chi connectivity index (χ1n) is 6.39.